The first-order chi connectivity index (χ1) is 12.5. The second-order valence-electron chi connectivity index (χ2n) is 5.99. The van der Waals surface area contributed by atoms with Crippen molar-refractivity contribution in [3.8, 4) is 5.75 Å². The molecule has 0 saturated carbocycles. The Morgan fingerprint density at radius 2 is 1.77 bits per heavy atom. The molecule has 26 heavy (non-hydrogen) atoms. The number of benzene rings is 2. The average Bonchev–Trinajstić information content (AvgIpc) is 2.64. The second kappa shape index (κ2) is 10.2. The van der Waals surface area contributed by atoms with Crippen molar-refractivity contribution >= 4 is 17.5 Å². The van der Waals surface area contributed by atoms with Crippen molar-refractivity contribution in [2.45, 2.75) is 26.6 Å². The first-order valence-electron chi connectivity index (χ1n) is 8.48. The summed E-state index contributed by atoms with van der Waals surface area (Å²) in [6.45, 7) is 4.16. The average molecular weight is 356 g/mol. The van der Waals surface area contributed by atoms with Crippen LogP contribution in [0.25, 0.3) is 0 Å². The number of hydrogen-bond donors (Lipinski definition) is 2. The molecule has 2 aromatic rings. The van der Waals surface area contributed by atoms with E-state index in [0.717, 1.165) is 5.56 Å². The normalized spacial score (nSPS) is 10.4. The van der Waals surface area contributed by atoms with Crippen LogP contribution in [0, 0.1) is 0 Å². The number of hydrogen-bond acceptors (Lipinski definition) is 4. The van der Waals surface area contributed by atoms with E-state index in [-0.39, 0.29) is 31.1 Å². The lowest BCUT2D eigenvalue weighted by molar-refractivity contribution is -0.125. The largest absolute Gasteiger partial charge is 0.484 e. The summed E-state index contributed by atoms with van der Waals surface area (Å²) in [5.74, 6) is -0.0596. The van der Waals surface area contributed by atoms with Crippen LogP contribution in [0.2, 0.25) is 0 Å². The molecule has 138 valence electrons. The Balaban J connectivity index is 1.72. The summed E-state index contributed by atoms with van der Waals surface area (Å²) in [5, 5.41) is 5.28. The minimum absolute atomic E-state index is 0.121. The summed E-state index contributed by atoms with van der Waals surface area (Å²) in [6.07, 6.45) is 0.140. The molecule has 0 bridgehead atoms. The highest BCUT2D eigenvalue weighted by Crippen LogP contribution is 2.12. The molecule has 0 spiro atoms. The van der Waals surface area contributed by atoms with E-state index in [1.54, 1.807) is 18.2 Å². The van der Waals surface area contributed by atoms with Crippen molar-refractivity contribution in [2.75, 3.05) is 18.5 Å². The van der Waals surface area contributed by atoms with Crippen molar-refractivity contribution in [2.24, 2.45) is 0 Å². The molecule has 6 heteroatoms. The molecule has 0 aliphatic carbocycles. The molecule has 0 heterocycles. The summed E-state index contributed by atoms with van der Waals surface area (Å²) in [4.78, 5) is 23.7. The zero-order chi connectivity index (χ0) is 18.8. The minimum Gasteiger partial charge on any atom is -0.484 e. The number of anilines is 1. The standard InChI is InChI=1S/C20H24N2O4/c1-15(2)25-13-16-7-6-8-17(11-16)22-19(23)12-21-20(24)14-26-18-9-4-3-5-10-18/h3-11,15H,12-14H2,1-2H3,(H,21,24)(H,22,23). The fourth-order valence-corrected chi connectivity index (χ4v) is 2.10. The van der Waals surface area contributed by atoms with Crippen LogP contribution in [0.4, 0.5) is 5.69 Å². The second-order valence-corrected chi connectivity index (χ2v) is 5.99. The molecule has 0 fully saturated rings. The van der Waals surface area contributed by atoms with E-state index in [2.05, 4.69) is 10.6 Å². The van der Waals surface area contributed by atoms with Gasteiger partial charge in [0.05, 0.1) is 19.3 Å². The molecule has 0 unspecified atom stereocenters. The minimum atomic E-state index is -0.358. The lowest BCUT2D eigenvalue weighted by Gasteiger charge is -2.10. The van der Waals surface area contributed by atoms with Crippen molar-refractivity contribution in [1.29, 1.82) is 0 Å². The van der Waals surface area contributed by atoms with Crippen LogP contribution >= 0.6 is 0 Å². The maximum absolute atomic E-state index is 12.0. The Morgan fingerprint density at radius 3 is 2.50 bits per heavy atom. The highest BCUT2D eigenvalue weighted by Gasteiger charge is 2.07. The Morgan fingerprint density at radius 1 is 1.00 bits per heavy atom. The van der Waals surface area contributed by atoms with Gasteiger partial charge < -0.3 is 20.1 Å². The predicted octanol–water partition coefficient (Wildman–Crippen LogP) is 2.75. The van der Waals surface area contributed by atoms with Crippen LogP contribution in [-0.4, -0.2) is 31.1 Å². The number of carbonyl (C=O) groups is 2. The van der Waals surface area contributed by atoms with Gasteiger partial charge in [-0.3, -0.25) is 9.59 Å². The van der Waals surface area contributed by atoms with E-state index in [0.29, 0.717) is 18.0 Å². The van der Waals surface area contributed by atoms with Crippen LogP contribution < -0.4 is 15.4 Å². The Labute approximate surface area is 153 Å². The lowest BCUT2D eigenvalue weighted by atomic mass is 10.2. The van der Waals surface area contributed by atoms with Crippen molar-refractivity contribution in [3.05, 3.63) is 60.2 Å². The van der Waals surface area contributed by atoms with Crippen molar-refractivity contribution in [1.82, 2.24) is 5.32 Å². The van der Waals surface area contributed by atoms with E-state index in [1.165, 1.54) is 0 Å². The Bertz CT molecular complexity index is 717. The van der Waals surface area contributed by atoms with Crippen LogP contribution in [0.1, 0.15) is 19.4 Å². The van der Waals surface area contributed by atoms with Crippen LogP contribution in [0.15, 0.2) is 54.6 Å². The number of carbonyl (C=O) groups excluding carboxylic acids is 2. The van der Waals surface area contributed by atoms with E-state index < -0.39 is 0 Å². The third-order valence-corrected chi connectivity index (χ3v) is 3.35. The summed E-state index contributed by atoms with van der Waals surface area (Å²) in [6, 6.07) is 16.4. The van der Waals surface area contributed by atoms with E-state index in [9.17, 15) is 9.59 Å². The van der Waals surface area contributed by atoms with Gasteiger partial charge in [-0.1, -0.05) is 30.3 Å². The summed E-state index contributed by atoms with van der Waals surface area (Å²) >= 11 is 0. The molecule has 0 aliphatic heterocycles. The monoisotopic (exact) mass is 356 g/mol. The lowest BCUT2D eigenvalue weighted by Crippen LogP contribution is -2.35. The smallest absolute Gasteiger partial charge is 0.258 e. The number of amides is 2. The van der Waals surface area contributed by atoms with Gasteiger partial charge in [0, 0.05) is 5.69 Å². The third kappa shape index (κ3) is 7.36. The molecule has 6 nitrogen and oxygen atoms in total. The molecular weight excluding hydrogens is 332 g/mol. The molecule has 2 amide bonds. The van der Waals surface area contributed by atoms with Gasteiger partial charge in [-0.25, -0.2) is 0 Å². The fourth-order valence-electron chi connectivity index (χ4n) is 2.10. The van der Waals surface area contributed by atoms with Gasteiger partial charge in [-0.15, -0.1) is 0 Å². The molecule has 2 aromatic carbocycles. The highest BCUT2D eigenvalue weighted by molar-refractivity contribution is 5.94. The summed E-state index contributed by atoms with van der Waals surface area (Å²) in [7, 11) is 0. The molecule has 0 aromatic heterocycles. The first kappa shape index (κ1) is 19.5. The molecule has 2 N–H and O–H groups in total. The quantitative estimate of drug-likeness (QED) is 0.724. The fraction of sp³-hybridized carbons (Fsp3) is 0.300. The van der Waals surface area contributed by atoms with Gasteiger partial charge in [0.25, 0.3) is 5.91 Å². The highest BCUT2D eigenvalue weighted by atomic mass is 16.5. The van der Waals surface area contributed by atoms with E-state index in [4.69, 9.17) is 9.47 Å². The van der Waals surface area contributed by atoms with E-state index >= 15 is 0 Å². The van der Waals surface area contributed by atoms with Crippen LogP contribution in [0.5, 0.6) is 5.75 Å². The molecule has 0 radical (unpaired) electrons. The zero-order valence-corrected chi connectivity index (χ0v) is 15.0. The number of ether oxygens (including phenoxy) is 2. The van der Waals surface area contributed by atoms with Gasteiger partial charge in [-0.05, 0) is 43.7 Å². The molecule has 2 rings (SSSR count). The Hall–Kier alpha value is -2.86. The molecule has 0 saturated heterocycles. The van der Waals surface area contributed by atoms with E-state index in [1.807, 2.05) is 50.2 Å². The van der Waals surface area contributed by atoms with Crippen molar-refractivity contribution in [3.63, 3.8) is 0 Å². The number of nitrogens with one attached hydrogen (secondary N) is 2. The predicted molar refractivity (Wildman–Crippen MR) is 99.9 cm³/mol. The van der Waals surface area contributed by atoms with Gasteiger partial charge >= 0.3 is 0 Å². The molecule has 0 aliphatic rings. The number of rotatable bonds is 9. The first-order valence-corrected chi connectivity index (χ1v) is 8.48. The van der Waals surface area contributed by atoms with Crippen molar-refractivity contribution < 1.29 is 19.1 Å². The van der Waals surface area contributed by atoms with Crippen LogP contribution in [-0.2, 0) is 20.9 Å². The topological polar surface area (TPSA) is 76.7 Å². The van der Waals surface area contributed by atoms with Gasteiger partial charge in [0.2, 0.25) is 5.91 Å². The maximum Gasteiger partial charge on any atom is 0.258 e. The maximum atomic E-state index is 12.0. The van der Waals surface area contributed by atoms with Gasteiger partial charge in [-0.2, -0.15) is 0 Å². The third-order valence-electron chi connectivity index (χ3n) is 3.35. The SMILES string of the molecule is CC(C)OCc1cccc(NC(=O)CNC(=O)COc2ccccc2)c1. The number of para-hydroxylation sites is 1. The van der Waals surface area contributed by atoms with Gasteiger partial charge in [0.1, 0.15) is 5.75 Å². The summed E-state index contributed by atoms with van der Waals surface area (Å²) < 4.78 is 10.9. The molecule has 0 atom stereocenters. The Kier molecular flexibility index (Phi) is 7.64. The van der Waals surface area contributed by atoms with Crippen LogP contribution in [0.3, 0.4) is 0 Å². The zero-order valence-electron chi connectivity index (χ0n) is 15.0. The molecular formula is C20H24N2O4. The van der Waals surface area contributed by atoms with Gasteiger partial charge in [0.15, 0.2) is 6.61 Å². The summed E-state index contributed by atoms with van der Waals surface area (Å²) in [5.41, 5.74) is 1.63.